The van der Waals surface area contributed by atoms with Crippen LogP contribution in [0.5, 0.6) is 0 Å². The Kier molecular flexibility index (Phi) is 6.94. The molecule has 0 fully saturated rings. The summed E-state index contributed by atoms with van der Waals surface area (Å²) in [6, 6.07) is 25.0. The van der Waals surface area contributed by atoms with E-state index in [2.05, 4.69) is 88.8 Å². The van der Waals surface area contributed by atoms with Gasteiger partial charge in [-0.25, -0.2) is 0 Å². The molecule has 0 unspecified atom stereocenters. The number of hydrogen-bond acceptors (Lipinski definition) is 2. The van der Waals surface area contributed by atoms with Crippen molar-refractivity contribution in [2.45, 2.75) is 6.54 Å². The predicted molar refractivity (Wildman–Crippen MR) is 110 cm³/mol. The molecule has 2 heteroatoms. The fraction of sp³-hybridized carbons (Fsp3) is 0.125. The van der Waals surface area contributed by atoms with Crippen molar-refractivity contribution in [1.82, 2.24) is 9.88 Å². The molecule has 1 heterocycles. The summed E-state index contributed by atoms with van der Waals surface area (Å²) in [7, 11) is 0. The third kappa shape index (κ3) is 6.15. The molecular weight excluding hydrogens is 316 g/mol. The lowest BCUT2D eigenvalue weighted by atomic mass is 10.2. The molecule has 130 valence electrons. The van der Waals surface area contributed by atoms with Gasteiger partial charge in [-0.05, 0) is 22.8 Å². The molecule has 26 heavy (non-hydrogen) atoms. The number of hydrogen-bond donors (Lipinski definition) is 0. The van der Waals surface area contributed by atoms with E-state index in [1.807, 2.05) is 30.6 Å². The second kappa shape index (κ2) is 10.1. The van der Waals surface area contributed by atoms with Crippen LogP contribution in [0.3, 0.4) is 0 Å². The normalized spacial score (nSPS) is 11.6. The monoisotopic (exact) mass is 340 g/mol. The molecule has 2 nitrogen and oxygen atoms in total. The highest BCUT2D eigenvalue weighted by Gasteiger charge is 2.02. The van der Waals surface area contributed by atoms with E-state index in [-0.39, 0.29) is 0 Å². The zero-order chi connectivity index (χ0) is 17.9. The van der Waals surface area contributed by atoms with E-state index in [9.17, 15) is 0 Å². The molecule has 0 bridgehead atoms. The first-order valence-corrected chi connectivity index (χ1v) is 8.94. The van der Waals surface area contributed by atoms with E-state index in [0.29, 0.717) is 0 Å². The van der Waals surface area contributed by atoms with E-state index in [1.54, 1.807) is 0 Å². The Morgan fingerprint density at radius 3 is 1.77 bits per heavy atom. The van der Waals surface area contributed by atoms with E-state index in [4.69, 9.17) is 0 Å². The van der Waals surface area contributed by atoms with Gasteiger partial charge in [-0.15, -0.1) is 0 Å². The van der Waals surface area contributed by atoms with Crippen LogP contribution in [0, 0.1) is 0 Å². The fourth-order valence-electron chi connectivity index (χ4n) is 2.76. The molecule has 0 spiro atoms. The summed E-state index contributed by atoms with van der Waals surface area (Å²) in [6.45, 7) is 2.66. The van der Waals surface area contributed by atoms with Gasteiger partial charge in [0.05, 0.1) is 0 Å². The topological polar surface area (TPSA) is 16.1 Å². The zero-order valence-electron chi connectivity index (χ0n) is 14.9. The molecule has 0 aliphatic rings. The molecule has 0 radical (unpaired) electrons. The van der Waals surface area contributed by atoms with Crippen LogP contribution >= 0.6 is 0 Å². The van der Waals surface area contributed by atoms with Crippen molar-refractivity contribution in [3.05, 3.63) is 114 Å². The zero-order valence-corrected chi connectivity index (χ0v) is 14.9. The Hall–Kier alpha value is -2.97. The summed E-state index contributed by atoms with van der Waals surface area (Å²) >= 11 is 0. The van der Waals surface area contributed by atoms with Crippen molar-refractivity contribution < 1.29 is 0 Å². The van der Waals surface area contributed by atoms with Crippen LogP contribution < -0.4 is 0 Å². The molecule has 0 N–H and O–H groups in total. The third-order valence-electron chi connectivity index (χ3n) is 4.08. The maximum Gasteiger partial charge on any atom is 0.0312 e. The lowest BCUT2D eigenvalue weighted by Gasteiger charge is -2.18. The van der Waals surface area contributed by atoms with E-state index >= 15 is 0 Å². The molecule has 1 aromatic heterocycles. The van der Waals surface area contributed by atoms with Gasteiger partial charge in [0.2, 0.25) is 0 Å². The minimum Gasteiger partial charge on any atom is -0.292 e. The van der Waals surface area contributed by atoms with Crippen LogP contribution in [-0.2, 0) is 6.54 Å². The van der Waals surface area contributed by atoms with Crippen molar-refractivity contribution in [3.8, 4) is 0 Å². The van der Waals surface area contributed by atoms with Crippen LogP contribution in [0.25, 0.3) is 12.2 Å². The maximum atomic E-state index is 4.23. The van der Waals surface area contributed by atoms with Crippen LogP contribution in [0.15, 0.2) is 97.3 Å². The standard InChI is InChI=1S/C24H24N2/c1-3-10-22(11-4-1)15-8-18-26(21-24-14-7-17-25-20-24)19-9-16-23-12-5-2-6-13-23/h1-17,20H,18-19,21H2/b15-8+,16-9+. The Balaban J connectivity index is 1.63. The van der Waals surface area contributed by atoms with Gasteiger partial charge in [-0.3, -0.25) is 9.88 Å². The van der Waals surface area contributed by atoms with Crippen molar-refractivity contribution in [3.63, 3.8) is 0 Å². The van der Waals surface area contributed by atoms with Gasteiger partial charge >= 0.3 is 0 Å². The smallest absolute Gasteiger partial charge is 0.0312 e. The highest BCUT2D eigenvalue weighted by molar-refractivity contribution is 5.49. The Bertz CT molecular complexity index is 757. The van der Waals surface area contributed by atoms with Gasteiger partial charge in [-0.1, -0.05) is 91.0 Å². The average molecular weight is 340 g/mol. The van der Waals surface area contributed by atoms with Crippen molar-refractivity contribution in [2.24, 2.45) is 0 Å². The molecule has 0 saturated heterocycles. The summed E-state index contributed by atoms with van der Waals surface area (Å²) < 4.78 is 0. The largest absolute Gasteiger partial charge is 0.292 e. The van der Waals surface area contributed by atoms with Crippen molar-refractivity contribution in [2.75, 3.05) is 13.1 Å². The minimum absolute atomic E-state index is 0.881. The minimum atomic E-state index is 0.881. The number of rotatable bonds is 8. The predicted octanol–water partition coefficient (Wildman–Crippen LogP) is 5.31. The number of benzene rings is 2. The Morgan fingerprint density at radius 2 is 1.27 bits per heavy atom. The van der Waals surface area contributed by atoms with Gasteiger partial charge in [-0.2, -0.15) is 0 Å². The van der Waals surface area contributed by atoms with Gasteiger partial charge < -0.3 is 0 Å². The molecular formula is C24H24N2. The summed E-state index contributed by atoms with van der Waals surface area (Å²) in [4.78, 5) is 6.63. The Labute approximate surface area is 156 Å². The fourth-order valence-corrected chi connectivity index (χ4v) is 2.76. The van der Waals surface area contributed by atoms with E-state index < -0.39 is 0 Å². The molecule has 0 aliphatic heterocycles. The van der Waals surface area contributed by atoms with Gasteiger partial charge in [0.25, 0.3) is 0 Å². The van der Waals surface area contributed by atoms with Crippen molar-refractivity contribution >= 4 is 12.2 Å². The summed E-state index contributed by atoms with van der Waals surface area (Å²) in [5, 5.41) is 0. The Morgan fingerprint density at radius 1 is 0.692 bits per heavy atom. The number of aromatic nitrogens is 1. The highest BCUT2D eigenvalue weighted by atomic mass is 15.1. The van der Waals surface area contributed by atoms with Crippen LogP contribution in [0.1, 0.15) is 16.7 Å². The molecule has 0 saturated carbocycles. The maximum absolute atomic E-state index is 4.23. The first kappa shape index (κ1) is 17.8. The molecule has 3 rings (SSSR count). The van der Waals surface area contributed by atoms with Crippen molar-refractivity contribution in [1.29, 1.82) is 0 Å². The second-order valence-corrected chi connectivity index (χ2v) is 6.18. The quantitative estimate of drug-likeness (QED) is 0.552. The number of nitrogens with zero attached hydrogens (tertiary/aromatic N) is 2. The third-order valence-corrected chi connectivity index (χ3v) is 4.08. The van der Waals surface area contributed by atoms with Crippen LogP contribution in [0.4, 0.5) is 0 Å². The molecule has 3 aromatic rings. The van der Waals surface area contributed by atoms with Crippen LogP contribution in [0.2, 0.25) is 0 Å². The SMILES string of the molecule is C(=C\c1ccccc1)/CN(C/C=C/c1ccccc1)Cc1cccnc1. The summed E-state index contributed by atoms with van der Waals surface area (Å²) in [5.74, 6) is 0. The molecule has 0 atom stereocenters. The second-order valence-electron chi connectivity index (χ2n) is 6.18. The summed E-state index contributed by atoms with van der Waals surface area (Å²) in [5.41, 5.74) is 3.69. The summed E-state index contributed by atoms with van der Waals surface area (Å²) in [6.07, 6.45) is 12.6. The van der Waals surface area contributed by atoms with Gasteiger partial charge in [0, 0.05) is 32.0 Å². The number of pyridine rings is 1. The first-order valence-electron chi connectivity index (χ1n) is 8.94. The van der Waals surface area contributed by atoms with E-state index in [0.717, 1.165) is 19.6 Å². The molecule has 0 aliphatic carbocycles. The molecule has 2 aromatic carbocycles. The van der Waals surface area contributed by atoms with E-state index in [1.165, 1.54) is 16.7 Å². The lowest BCUT2D eigenvalue weighted by Crippen LogP contribution is -2.23. The lowest BCUT2D eigenvalue weighted by molar-refractivity contribution is 0.328. The van der Waals surface area contributed by atoms with Gasteiger partial charge in [0.1, 0.15) is 0 Å². The first-order chi connectivity index (χ1) is 12.9. The molecule has 0 amide bonds. The average Bonchev–Trinajstić information content (AvgIpc) is 2.70. The highest BCUT2D eigenvalue weighted by Crippen LogP contribution is 2.07. The van der Waals surface area contributed by atoms with Gasteiger partial charge in [0.15, 0.2) is 0 Å². The van der Waals surface area contributed by atoms with Crippen LogP contribution in [-0.4, -0.2) is 23.0 Å².